The highest BCUT2D eigenvalue weighted by atomic mass is 16.5. The van der Waals surface area contributed by atoms with Gasteiger partial charge in [-0.25, -0.2) is 0 Å². The molecule has 0 aromatic carbocycles. The van der Waals surface area contributed by atoms with Gasteiger partial charge in [-0.05, 0) is 32.8 Å². The lowest BCUT2D eigenvalue weighted by atomic mass is 9.91. The number of hydrogen-bond donors (Lipinski definition) is 1. The standard InChI is InChI=1S/C18H24N4O2/c1-13-9-15(16(20-3)11-21-13)17(14(10-19)12-23)22-7-5-18(2,24-4)6-8-22/h9,11-12,20H,5-8H2,1-4H3/b17-14+. The predicted octanol–water partition coefficient (Wildman–Crippen LogP) is 2.37. The first-order chi connectivity index (χ1) is 11.5. The molecule has 1 aromatic rings. The quantitative estimate of drug-likeness (QED) is 0.508. The van der Waals surface area contributed by atoms with Gasteiger partial charge in [-0.3, -0.25) is 9.78 Å². The number of methoxy groups -OCH3 is 1. The first-order valence-corrected chi connectivity index (χ1v) is 8.02. The lowest BCUT2D eigenvalue weighted by molar-refractivity contribution is -0.104. The maximum atomic E-state index is 11.5. The van der Waals surface area contributed by atoms with Crippen molar-refractivity contribution in [2.45, 2.75) is 32.3 Å². The minimum absolute atomic E-state index is 0.137. The van der Waals surface area contributed by atoms with Crippen molar-refractivity contribution in [1.82, 2.24) is 9.88 Å². The summed E-state index contributed by atoms with van der Waals surface area (Å²) in [5, 5.41) is 12.5. The van der Waals surface area contributed by atoms with Crippen molar-refractivity contribution in [3.05, 3.63) is 29.1 Å². The number of likely N-dealkylation sites (tertiary alicyclic amines) is 1. The third kappa shape index (κ3) is 3.57. The number of carbonyl (C=O) groups excluding carboxylic acids is 1. The molecule has 1 aliphatic rings. The van der Waals surface area contributed by atoms with Crippen LogP contribution in [-0.2, 0) is 9.53 Å². The van der Waals surface area contributed by atoms with Crippen LogP contribution in [0.2, 0.25) is 0 Å². The zero-order valence-electron chi connectivity index (χ0n) is 14.7. The third-order valence-corrected chi connectivity index (χ3v) is 4.69. The average molecular weight is 328 g/mol. The van der Waals surface area contributed by atoms with Crippen LogP contribution >= 0.6 is 0 Å². The van der Waals surface area contributed by atoms with Gasteiger partial charge in [0.1, 0.15) is 11.6 Å². The van der Waals surface area contributed by atoms with Crippen LogP contribution in [0.3, 0.4) is 0 Å². The monoisotopic (exact) mass is 328 g/mol. The molecule has 1 fully saturated rings. The normalized spacial score (nSPS) is 17.7. The smallest absolute Gasteiger partial charge is 0.162 e. The predicted molar refractivity (Wildman–Crippen MR) is 93.3 cm³/mol. The minimum atomic E-state index is -0.157. The molecule has 1 aromatic heterocycles. The van der Waals surface area contributed by atoms with E-state index >= 15 is 0 Å². The van der Waals surface area contributed by atoms with E-state index in [0.717, 1.165) is 42.9 Å². The van der Waals surface area contributed by atoms with E-state index < -0.39 is 0 Å². The molecule has 24 heavy (non-hydrogen) atoms. The Balaban J connectivity index is 2.50. The highest BCUT2D eigenvalue weighted by Crippen LogP contribution is 2.34. The van der Waals surface area contributed by atoms with Crippen LogP contribution in [-0.4, -0.2) is 49.0 Å². The molecule has 2 rings (SSSR count). The largest absolute Gasteiger partial charge is 0.386 e. The second-order valence-electron chi connectivity index (χ2n) is 6.25. The molecule has 0 saturated carbocycles. The van der Waals surface area contributed by atoms with E-state index in [4.69, 9.17) is 4.74 Å². The lowest BCUT2D eigenvalue weighted by Crippen LogP contribution is -2.43. The maximum absolute atomic E-state index is 11.5. The van der Waals surface area contributed by atoms with Crippen LogP contribution < -0.4 is 5.32 Å². The van der Waals surface area contributed by atoms with Crippen LogP contribution in [0, 0.1) is 18.3 Å². The summed E-state index contributed by atoms with van der Waals surface area (Å²) >= 11 is 0. The van der Waals surface area contributed by atoms with Gasteiger partial charge >= 0.3 is 0 Å². The van der Waals surface area contributed by atoms with E-state index in [1.807, 2.05) is 19.1 Å². The zero-order chi connectivity index (χ0) is 17.7. The van der Waals surface area contributed by atoms with E-state index in [-0.39, 0.29) is 11.2 Å². The Hall–Kier alpha value is -2.39. The highest BCUT2D eigenvalue weighted by Gasteiger charge is 2.32. The van der Waals surface area contributed by atoms with E-state index in [1.165, 1.54) is 0 Å². The van der Waals surface area contributed by atoms with Gasteiger partial charge in [0, 0.05) is 38.5 Å². The van der Waals surface area contributed by atoms with Gasteiger partial charge in [-0.15, -0.1) is 0 Å². The first-order valence-electron chi connectivity index (χ1n) is 8.02. The lowest BCUT2D eigenvalue weighted by Gasteiger charge is -2.40. The van der Waals surface area contributed by atoms with Gasteiger partial charge in [0.2, 0.25) is 0 Å². The van der Waals surface area contributed by atoms with Gasteiger partial charge in [0.05, 0.1) is 23.2 Å². The number of aryl methyl sites for hydroxylation is 1. The number of aromatic nitrogens is 1. The number of ether oxygens (including phenoxy) is 1. The molecule has 0 radical (unpaired) electrons. The molecule has 0 bridgehead atoms. The maximum Gasteiger partial charge on any atom is 0.162 e. The summed E-state index contributed by atoms with van der Waals surface area (Å²) in [6, 6.07) is 3.95. The first kappa shape index (κ1) is 18.0. The van der Waals surface area contributed by atoms with Crippen LogP contribution in [0.5, 0.6) is 0 Å². The fourth-order valence-corrected chi connectivity index (χ4v) is 2.98. The molecule has 2 heterocycles. The molecule has 0 atom stereocenters. The molecular weight excluding hydrogens is 304 g/mol. The van der Waals surface area contributed by atoms with Gasteiger partial charge in [0.15, 0.2) is 6.29 Å². The molecule has 1 N–H and O–H groups in total. The molecule has 0 spiro atoms. The molecular formula is C18H24N4O2. The van der Waals surface area contributed by atoms with Crippen molar-refractivity contribution in [2.24, 2.45) is 0 Å². The van der Waals surface area contributed by atoms with E-state index in [0.29, 0.717) is 12.0 Å². The molecule has 1 saturated heterocycles. The Morgan fingerprint density at radius 2 is 2.17 bits per heavy atom. The fourth-order valence-electron chi connectivity index (χ4n) is 2.98. The number of piperidine rings is 1. The van der Waals surface area contributed by atoms with Crippen molar-refractivity contribution < 1.29 is 9.53 Å². The number of nitriles is 1. The Kier molecular flexibility index (Phi) is 5.58. The summed E-state index contributed by atoms with van der Waals surface area (Å²) in [5.41, 5.74) is 3.11. The number of nitrogens with one attached hydrogen (secondary N) is 1. The summed E-state index contributed by atoms with van der Waals surface area (Å²) in [7, 11) is 3.53. The van der Waals surface area contributed by atoms with Gasteiger partial charge in [0.25, 0.3) is 0 Å². The van der Waals surface area contributed by atoms with Crippen molar-refractivity contribution in [3.63, 3.8) is 0 Å². The number of rotatable bonds is 5. The number of nitrogens with zero attached hydrogens (tertiary/aromatic N) is 3. The highest BCUT2D eigenvalue weighted by molar-refractivity contribution is 5.94. The molecule has 1 aliphatic heterocycles. The Bertz CT molecular complexity index is 683. The van der Waals surface area contributed by atoms with E-state index in [1.54, 1.807) is 20.4 Å². The van der Waals surface area contributed by atoms with E-state index in [9.17, 15) is 10.1 Å². The molecule has 128 valence electrons. The van der Waals surface area contributed by atoms with Crippen LogP contribution in [0.25, 0.3) is 5.70 Å². The van der Waals surface area contributed by atoms with Crippen molar-refractivity contribution in [1.29, 1.82) is 5.26 Å². The molecule has 6 nitrogen and oxygen atoms in total. The number of allylic oxidation sites excluding steroid dienone is 1. The van der Waals surface area contributed by atoms with Crippen molar-refractivity contribution in [3.8, 4) is 6.07 Å². The van der Waals surface area contributed by atoms with Crippen molar-refractivity contribution in [2.75, 3.05) is 32.6 Å². The molecule has 0 amide bonds. The molecule has 6 heteroatoms. The third-order valence-electron chi connectivity index (χ3n) is 4.69. The fraction of sp³-hybridized carbons (Fsp3) is 0.500. The van der Waals surface area contributed by atoms with Crippen LogP contribution in [0.4, 0.5) is 5.69 Å². The number of pyridine rings is 1. The van der Waals surface area contributed by atoms with Crippen LogP contribution in [0.15, 0.2) is 17.8 Å². The van der Waals surface area contributed by atoms with E-state index in [2.05, 4.69) is 22.1 Å². The summed E-state index contributed by atoms with van der Waals surface area (Å²) < 4.78 is 5.59. The Morgan fingerprint density at radius 1 is 1.50 bits per heavy atom. The van der Waals surface area contributed by atoms with Crippen molar-refractivity contribution >= 4 is 17.7 Å². The topological polar surface area (TPSA) is 78.2 Å². The SMILES string of the molecule is CNc1cnc(C)cc1/C(=C(/C#N)C=O)N1CCC(C)(OC)CC1. The van der Waals surface area contributed by atoms with Gasteiger partial charge in [-0.1, -0.05) is 0 Å². The second-order valence-corrected chi connectivity index (χ2v) is 6.25. The molecule has 0 aliphatic carbocycles. The average Bonchev–Trinajstić information content (AvgIpc) is 2.60. The Morgan fingerprint density at radius 3 is 2.67 bits per heavy atom. The summed E-state index contributed by atoms with van der Waals surface area (Å²) in [4.78, 5) is 17.9. The molecule has 0 unspecified atom stereocenters. The number of hydrogen-bond acceptors (Lipinski definition) is 6. The minimum Gasteiger partial charge on any atom is -0.386 e. The summed E-state index contributed by atoms with van der Waals surface area (Å²) in [6.07, 6.45) is 4.04. The second kappa shape index (κ2) is 7.45. The summed E-state index contributed by atoms with van der Waals surface area (Å²) in [5.74, 6) is 0. The number of anilines is 1. The Labute approximate surface area is 143 Å². The van der Waals surface area contributed by atoms with Gasteiger partial charge in [-0.2, -0.15) is 5.26 Å². The number of carbonyl (C=O) groups is 1. The number of aldehydes is 1. The van der Waals surface area contributed by atoms with Gasteiger partial charge < -0.3 is 15.0 Å². The van der Waals surface area contributed by atoms with Crippen LogP contribution in [0.1, 0.15) is 31.0 Å². The zero-order valence-corrected chi connectivity index (χ0v) is 14.7. The summed E-state index contributed by atoms with van der Waals surface area (Å²) in [6.45, 7) is 5.44.